The molecule has 5 rings (SSSR count). The van der Waals surface area contributed by atoms with Gasteiger partial charge >= 0.3 is 0 Å². The van der Waals surface area contributed by atoms with Crippen LogP contribution in [0.25, 0.3) is 11.3 Å². The lowest BCUT2D eigenvalue weighted by Crippen LogP contribution is -2.20. The fourth-order valence-corrected chi connectivity index (χ4v) is 4.05. The first-order valence-corrected chi connectivity index (χ1v) is 10.2. The minimum atomic E-state index is -0.179. The predicted molar refractivity (Wildman–Crippen MR) is 111 cm³/mol. The monoisotopic (exact) mass is 405 g/mol. The third-order valence-electron chi connectivity index (χ3n) is 4.98. The number of benzene rings is 1. The number of carbonyl (C=O) groups is 1. The molecule has 4 heterocycles. The number of hydrogen-bond donors (Lipinski definition) is 1. The Morgan fingerprint density at radius 2 is 1.83 bits per heavy atom. The number of nitrogens with one attached hydrogen (secondary N) is 1. The molecule has 1 aromatic carbocycles. The van der Waals surface area contributed by atoms with Crippen molar-refractivity contribution in [1.29, 1.82) is 0 Å². The van der Waals surface area contributed by atoms with Crippen molar-refractivity contribution in [3.63, 3.8) is 0 Å². The largest absolute Gasteiger partial charge is 0.370 e. The van der Waals surface area contributed by atoms with Gasteiger partial charge in [0, 0.05) is 24.2 Å². The Morgan fingerprint density at radius 1 is 1.03 bits per heavy atom. The number of anilines is 1. The van der Waals surface area contributed by atoms with E-state index in [-0.39, 0.29) is 5.91 Å². The van der Waals surface area contributed by atoms with Crippen LogP contribution in [0.2, 0.25) is 0 Å². The van der Waals surface area contributed by atoms with Crippen molar-refractivity contribution >= 4 is 29.2 Å². The highest BCUT2D eigenvalue weighted by molar-refractivity contribution is 7.98. The van der Waals surface area contributed by atoms with Crippen LogP contribution in [-0.4, -0.2) is 43.1 Å². The summed E-state index contributed by atoms with van der Waals surface area (Å²) >= 11 is 1.27. The Labute approximate surface area is 171 Å². The summed E-state index contributed by atoms with van der Waals surface area (Å²) < 4.78 is 6.45. The van der Waals surface area contributed by atoms with Crippen LogP contribution in [0.5, 0.6) is 0 Å². The van der Waals surface area contributed by atoms with Crippen LogP contribution in [0.1, 0.15) is 23.3 Å². The molecule has 0 aliphatic carbocycles. The number of fused-ring (bicyclic) bond motifs is 1. The molecule has 8 nitrogen and oxygen atoms in total. The van der Waals surface area contributed by atoms with E-state index in [0.29, 0.717) is 5.69 Å². The van der Waals surface area contributed by atoms with Crippen LogP contribution in [0.4, 0.5) is 5.69 Å². The number of carbonyl (C=O) groups excluding carboxylic acids is 1. The summed E-state index contributed by atoms with van der Waals surface area (Å²) in [5.74, 6) is -0.179. The van der Waals surface area contributed by atoms with Gasteiger partial charge < -0.3 is 4.90 Å². The number of nitrogens with zero attached hydrogens (tertiary/aromatic N) is 6. The zero-order valence-electron chi connectivity index (χ0n) is 15.6. The maximum atomic E-state index is 12.8. The maximum absolute atomic E-state index is 12.8. The minimum Gasteiger partial charge on any atom is -0.370 e. The normalized spacial score (nSPS) is 13.9. The highest BCUT2D eigenvalue weighted by Crippen LogP contribution is 2.22. The Hall–Kier alpha value is -3.33. The summed E-state index contributed by atoms with van der Waals surface area (Å²) in [6.45, 7) is 2.12. The highest BCUT2D eigenvalue weighted by atomic mass is 32.2. The zero-order valence-corrected chi connectivity index (χ0v) is 16.4. The van der Waals surface area contributed by atoms with Gasteiger partial charge in [-0.05, 0) is 61.2 Å². The average molecular weight is 405 g/mol. The number of imidazole rings is 1. The molecule has 1 fully saturated rings. The van der Waals surface area contributed by atoms with E-state index in [1.807, 2.05) is 40.9 Å². The molecule has 1 aliphatic rings. The number of amides is 1. The molecular formula is C20H19N7OS. The van der Waals surface area contributed by atoms with E-state index in [1.165, 1.54) is 31.1 Å². The third-order valence-corrected chi connectivity index (χ3v) is 5.77. The molecule has 146 valence electrons. The first-order chi connectivity index (χ1) is 14.3. The predicted octanol–water partition coefficient (Wildman–Crippen LogP) is 2.95. The lowest BCUT2D eigenvalue weighted by Gasteiger charge is -2.17. The van der Waals surface area contributed by atoms with E-state index in [9.17, 15) is 4.79 Å². The van der Waals surface area contributed by atoms with Crippen LogP contribution >= 0.6 is 11.9 Å². The molecule has 4 aromatic rings. The summed E-state index contributed by atoms with van der Waals surface area (Å²) in [5.41, 5.74) is 3.32. The second kappa shape index (κ2) is 7.59. The van der Waals surface area contributed by atoms with Gasteiger partial charge in [0.1, 0.15) is 24.0 Å². The quantitative estimate of drug-likeness (QED) is 0.514. The van der Waals surface area contributed by atoms with Crippen molar-refractivity contribution in [3.8, 4) is 5.69 Å². The van der Waals surface area contributed by atoms with Gasteiger partial charge in [-0.2, -0.15) is 5.10 Å². The molecule has 3 aromatic heterocycles. The van der Waals surface area contributed by atoms with Gasteiger partial charge in [-0.3, -0.25) is 13.9 Å². The van der Waals surface area contributed by atoms with Gasteiger partial charge in [-0.1, -0.05) is 0 Å². The molecule has 0 spiro atoms. The molecule has 0 bridgehead atoms. The first kappa shape index (κ1) is 17.7. The molecule has 0 unspecified atom stereocenters. The molecule has 0 atom stereocenters. The van der Waals surface area contributed by atoms with E-state index in [2.05, 4.69) is 30.8 Å². The molecule has 1 aliphatic heterocycles. The van der Waals surface area contributed by atoms with E-state index in [4.69, 9.17) is 0 Å². The smallest absolute Gasteiger partial charge is 0.280 e. The topological polar surface area (TPSA) is 80.3 Å². The van der Waals surface area contributed by atoms with Crippen LogP contribution in [0.15, 0.2) is 66.3 Å². The van der Waals surface area contributed by atoms with Crippen molar-refractivity contribution in [2.24, 2.45) is 0 Å². The summed E-state index contributed by atoms with van der Waals surface area (Å²) in [6, 6.07) is 11.8. The van der Waals surface area contributed by atoms with Crippen LogP contribution in [0, 0.1) is 0 Å². The van der Waals surface area contributed by atoms with Gasteiger partial charge in [-0.15, -0.1) is 0 Å². The molecule has 1 N–H and O–H groups in total. The molecule has 1 amide bonds. The van der Waals surface area contributed by atoms with Gasteiger partial charge in [-0.25, -0.2) is 14.6 Å². The Balaban J connectivity index is 1.30. The van der Waals surface area contributed by atoms with Gasteiger partial charge in [0.25, 0.3) is 5.91 Å². The summed E-state index contributed by atoms with van der Waals surface area (Å²) in [4.78, 5) is 24.3. The lowest BCUT2D eigenvalue weighted by atomic mass is 10.3. The standard InChI is InChI=1S/C20H19N7OS/c28-20(24-29-17-6-3-15(4-7-17)27-14-21-13-23-27)18-11-22-19-8-5-16(12-26(18)19)25-9-1-2-10-25/h3-8,11-14H,1-2,9-10H2,(H,24,28). The van der Waals surface area contributed by atoms with Crippen LogP contribution < -0.4 is 9.62 Å². The lowest BCUT2D eigenvalue weighted by molar-refractivity contribution is 0.0979. The minimum absolute atomic E-state index is 0.179. The van der Waals surface area contributed by atoms with Gasteiger partial charge in [0.2, 0.25) is 0 Å². The van der Waals surface area contributed by atoms with Crippen molar-refractivity contribution in [2.45, 2.75) is 17.7 Å². The van der Waals surface area contributed by atoms with E-state index < -0.39 is 0 Å². The van der Waals surface area contributed by atoms with E-state index in [0.717, 1.165) is 35.0 Å². The average Bonchev–Trinajstić information content (AvgIpc) is 3.53. The number of pyridine rings is 1. The Kier molecular flexibility index (Phi) is 4.65. The number of rotatable bonds is 5. The second-order valence-electron chi connectivity index (χ2n) is 6.82. The molecule has 9 heteroatoms. The zero-order chi connectivity index (χ0) is 19.6. The van der Waals surface area contributed by atoms with Crippen molar-refractivity contribution < 1.29 is 4.79 Å². The SMILES string of the molecule is O=C(NSc1ccc(-n2cncn2)cc1)c1cnc2ccc(N3CCCC3)cn12. The van der Waals surface area contributed by atoms with Crippen LogP contribution in [0.3, 0.4) is 0 Å². The fourth-order valence-electron chi connectivity index (χ4n) is 3.47. The van der Waals surface area contributed by atoms with Crippen molar-refractivity contribution in [3.05, 3.63) is 67.1 Å². The van der Waals surface area contributed by atoms with E-state index >= 15 is 0 Å². The number of aromatic nitrogens is 5. The van der Waals surface area contributed by atoms with Gasteiger partial charge in [0.05, 0.1) is 17.6 Å². The Bertz CT molecular complexity index is 1130. The van der Waals surface area contributed by atoms with Crippen LogP contribution in [-0.2, 0) is 0 Å². The second-order valence-corrected chi connectivity index (χ2v) is 7.70. The van der Waals surface area contributed by atoms with E-state index in [1.54, 1.807) is 17.2 Å². The van der Waals surface area contributed by atoms with Crippen molar-refractivity contribution in [1.82, 2.24) is 28.9 Å². The molecule has 0 radical (unpaired) electrons. The molecule has 29 heavy (non-hydrogen) atoms. The third kappa shape index (κ3) is 3.56. The number of hydrogen-bond acceptors (Lipinski definition) is 6. The molecular weight excluding hydrogens is 386 g/mol. The maximum Gasteiger partial charge on any atom is 0.280 e. The highest BCUT2D eigenvalue weighted by Gasteiger charge is 2.16. The summed E-state index contributed by atoms with van der Waals surface area (Å²) in [6.07, 6.45) is 9.18. The summed E-state index contributed by atoms with van der Waals surface area (Å²) in [7, 11) is 0. The fraction of sp³-hybridized carbons (Fsp3) is 0.200. The molecule has 1 saturated heterocycles. The summed E-state index contributed by atoms with van der Waals surface area (Å²) in [5, 5.41) is 4.10. The first-order valence-electron chi connectivity index (χ1n) is 9.42. The van der Waals surface area contributed by atoms with Crippen molar-refractivity contribution in [2.75, 3.05) is 18.0 Å². The Morgan fingerprint density at radius 3 is 2.59 bits per heavy atom. The van der Waals surface area contributed by atoms with Gasteiger partial charge in [0.15, 0.2) is 0 Å². The molecule has 0 saturated carbocycles.